The lowest BCUT2D eigenvalue weighted by Gasteiger charge is -2.09. The highest BCUT2D eigenvalue weighted by molar-refractivity contribution is 6.42. The van der Waals surface area contributed by atoms with Gasteiger partial charge in [-0.05, 0) is 6.07 Å². The number of benzene rings is 1. The molecule has 0 fully saturated rings. The third-order valence-corrected chi connectivity index (χ3v) is 3.24. The standard InChI is InChI=1S/C12H11Cl2NO2/c1-17-10-5-3-2-4-8(10)6-15-7-9(13)11(14)12(15)16/h2-5,7,16H,6H2,1H3. The van der Waals surface area contributed by atoms with E-state index in [-0.39, 0.29) is 10.9 Å². The van der Waals surface area contributed by atoms with Gasteiger partial charge in [0.05, 0.1) is 18.7 Å². The summed E-state index contributed by atoms with van der Waals surface area (Å²) in [6, 6.07) is 7.57. The molecule has 1 heterocycles. The van der Waals surface area contributed by atoms with E-state index in [1.54, 1.807) is 17.9 Å². The zero-order chi connectivity index (χ0) is 12.4. The molecule has 1 aromatic heterocycles. The van der Waals surface area contributed by atoms with E-state index in [9.17, 15) is 5.11 Å². The van der Waals surface area contributed by atoms with Crippen LogP contribution in [0, 0.1) is 0 Å². The van der Waals surface area contributed by atoms with Gasteiger partial charge in [0.25, 0.3) is 0 Å². The number of nitrogens with zero attached hydrogens (tertiary/aromatic N) is 1. The summed E-state index contributed by atoms with van der Waals surface area (Å²) in [5, 5.41) is 10.2. The topological polar surface area (TPSA) is 34.4 Å². The van der Waals surface area contributed by atoms with Gasteiger partial charge in [-0.3, -0.25) is 0 Å². The summed E-state index contributed by atoms with van der Waals surface area (Å²) in [4.78, 5) is 0. The monoisotopic (exact) mass is 271 g/mol. The highest BCUT2D eigenvalue weighted by atomic mass is 35.5. The molecular formula is C12H11Cl2NO2. The molecule has 0 saturated heterocycles. The van der Waals surface area contributed by atoms with Crippen LogP contribution < -0.4 is 4.74 Å². The molecule has 2 aromatic rings. The Morgan fingerprint density at radius 1 is 1.29 bits per heavy atom. The number of ether oxygens (including phenoxy) is 1. The van der Waals surface area contributed by atoms with Gasteiger partial charge in [-0.1, -0.05) is 41.4 Å². The van der Waals surface area contributed by atoms with Crippen LogP contribution in [0.1, 0.15) is 5.56 Å². The molecule has 0 unspecified atom stereocenters. The third kappa shape index (κ3) is 2.35. The number of rotatable bonds is 3. The van der Waals surface area contributed by atoms with Crippen molar-refractivity contribution < 1.29 is 9.84 Å². The molecule has 1 aromatic carbocycles. The van der Waals surface area contributed by atoms with E-state index < -0.39 is 0 Å². The van der Waals surface area contributed by atoms with Crippen molar-refractivity contribution in [3.8, 4) is 11.6 Å². The largest absolute Gasteiger partial charge is 0.496 e. The Morgan fingerprint density at radius 2 is 2.00 bits per heavy atom. The van der Waals surface area contributed by atoms with E-state index in [1.165, 1.54) is 0 Å². The molecule has 0 aliphatic rings. The van der Waals surface area contributed by atoms with Crippen molar-refractivity contribution in [2.45, 2.75) is 6.54 Å². The Labute approximate surface area is 109 Å². The van der Waals surface area contributed by atoms with Crippen molar-refractivity contribution >= 4 is 23.2 Å². The van der Waals surface area contributed by atoms with E-state index in [2.05, 4.69) is 0 Å². The van der Waals surface area contributed by atoms with Crippen molar-refractivity contribution in [2.24, 2.45) is 0 Å². The Balaban J connectivity index is 2.34. The van der Waals surface area contributed by atoms with Gasteiger partial charge < -0.3 is 14.4 Å². The lowest BCUT2D eigenvalue weighted by Crippen LogP contribution is -1.99. The molecule has 0 spiro atoms. The predicted octanol–water partition coefficient (Wildman–Crippen LogP) is 3.56. The molecule has 2 rings (SSSR count). The van der Waals surface area contributed by atoms with E-state index in [1.807, 2.05) is 24.3 Å². The van der Waals surface area contributed by atoms with Crippen LogP contribution in [0.2, 0.25) is 10.0 Å². The van der Waals surface area contributed by atoms with Gasteiger partial charge in [0, 0.05) is 11.8 Å². The number of hydrogen-bond acceptors (Lipinski definition) is 2. The molecule has 1 N–H and O–H groups in total. The summed E-state index contributed by atoms with van der Waals surface area (Å²) >= 11 is 11.6. The van der Waals surface area contributed by atoms with Crippen LogP contribution in [0.15, 0.2) is 30.5 Å². The summed E-state index contributed by atoms with van der Waals surface area (Å²) in [6.45, 7) is 0.447. The van der Waals surface area contributed by atoms with Crippen LogP contribution in [0.4, 0.5) is 0 Å². The normalized spacial score (nSPS) is 10.5. The zero-order valence-corrected chi connectivity index (χ0v) is 10.7. The molecule has 0 amide bonds. The molecule has 90 valence electrons. The molecule has 0 atom stereocenters. The molecule has 0 aliphatic carbocycles. The van der Waals surface area contributed by atoms with E-state index in [4.69, 9.17) is 27.9 Å². The maximum atomic E-state index is 9.75. The SMILES string of the molecule is COc1ccccc1Cn1cc(Cl)c(Cl)c1O. The second-order valence-corrected chi connectivity index (χ2v) is 4.34. The van der Waals surface area contributed by atoms with Crippen LogP contribution in [-0.2, 0) is 6.54 Å². The minimum Gasteiger partial charge on any atom is -0.496 e. The molecule has 0 aliphatic heterocycles. The van der Waals surface area contributed by atoms with E-state index in [0.717, 1.165) is 11.3 Å². The van der Waals surface area contributed by atoms with Gasteiger partial charge in [0.15, 0.2) is 0 Å². The highest BCUT2D eigenvalue weighted by Gasteiger charge is 2.13. The van der Waals surface area contributed by atoms with Crippen LogP contribution >= 0.6 is 23.2 Å². The summed E-state index contributed by atoms with van der Waals surface area (Å²) in [5.41, 5.74) is 0.939. The van der Waals surface area contributed by atoms with Crippen molar-refractivity contribution in [1.82, 2.24) is 4.57 Å². The summed E-state index contributed by atoms with van der Waals surface area (Å²) in [6.07, 6.45) is 1.59. The smallest absolute Gasteiger partial charge is 0.212 e. The number of halogens is 2. The minimum atomic E-state index is -0.0393. The fourth-order valence-corrected chi connectivity index (χ4v) is 1.98. The number of hydrogen-bond donors (Lipinski definition) is 1. The molecular weight excluding hydrogens is 261 g/mol. The fraction of sp³-hybridized carbons (Fsp3) is 0.167. The quantitative estimate of drug-likeness (QED) is 0.927. The first-order valence-electron chi connectivity index (χ1n) is 4.98. The molecule has 0 saturated carbocycles. The minimum absolute atomic E-state index is 0.0393. The van der Waals surface area contributed by atoms with E-state index in [0.29, 0.717) is 11.6 Å². The third-order valence-electron chi connectivity index (χ3n) is 2.48. The maximum absolute atomic E-state index is 9.75. The van der Waals surface area contributed by atoms with Crippen molar-refractivity contribution in [2.75, 3.05) is 7.11 Å². The van der Waals surface area contributed by atoms with Gasteiger partial charge in [0.2, 0.25) is 5.88 Å². The zero-order valence-electron chi connectivity index (χ0n) is 9.15. The molecule has 0 bridgehead atoms. The fourth-order valence-electron chi connectivity index (χ4n) is 1.63. The van der Waals surface area contributed by atoms with Gasteiger partial charge in [-0.25, -0.2) is 0 Å². The van der Waals surface area contributed by atoms with Gasteiger partial charge in [-0.2, -0.15) is 0 Å². The average Bonchev–Trinajstić information content (AvgIpc) is 2.58. The van der Waals surface area contributed by atoms with Crippen LogP contribution in [0.25, 0.3) is 0 Å². The summed E-state index contributed by atoms with van der Waals surface area (Å²) in [5.74, 6) is 0.718. The van der Waals surface area contributed by atoms with Crippen LogP contribution in [0.5, 0.6) is 11.6 Å². The molecule has 17 heavy (non-hydrogen) atoms. The predicted molar refractivity (Wildman–Crippen MR) is 68.2 cm³/mol. The number of methoxy groups -OCH3 is 1. The second-order valence-electron chi connectivity index (χ2n) is 3.55. The van der Waals surface area contributed by atoms with Crippen LogP contribution in [0.3, 0.4) is 0 Å². The van der Waals surface area contributed by atoms with Gasteiger partial charge in [0.1, 0.15) is 10.8 Å². The molecule has 5 heteroatoms. The van der Waals surface area contributed by atoms with Crippen molar-refractivity contribution in [3.05, 3.63) is 46.1 Å². The van der Waals surface area contributed by atoms with Crippen molar-refractivity contribution in [1.29, 1.82) is 0 Å². The summed E-state index contributed by atoms with van der Waals surface area (Å²) in [7, 11) is 1.61. The Bertz CT molecular complexity index is 537. The molecule has 3 nitrogen and oxygen atoms in total. The average molecular weight is 272 g/mol. The number of aromatic nitrogens is 1. The first kappa shape index (κ1) is 12.1. The first-order chi connectivity index (χ1) is 8.13. The molecule has 0 radical (unpaired) electrons. The Kier molecular flexibility index (Phi) is 3.50. The maximum Gasteiger partial charge on any atom is 0.212 e. The first-order valence-corrected chi connectivity index (χ1v) is 5.74. The number of aromatic hydroxyl groups is 1. The number of para-hydroxylation sites is 1. The lowest BCUT2D eigenvalue weighted by molar-refractivity contribution is 0.401. The Hall–Kier alpha value is -1.32. The Morgan fingerprint density at radius 3 is 2.59 bits per heavy atom. The highest BCUT2D eigenvalue weighted by Crippen LogP contribution is 2.34. The van der Waals surface area contributed by atoms with Crippen molar-refractivity contribution in [3.63, 3.8) is 0 Å². The second kappa shape index (κ2) is 4.90. The van der Waals surface area contributed by atoms with E-state index >= 15 is 0 Å². The van der Waals surface area contributed by atoms with Crippen LogP contribution in [-0.4, -0.2) is 16.8 Å². The summed E-state index contributed by atoms with van der Waals surface area (Å²) < 4.78 is 6.81. The lowest BCUT2D eigenvalue weighted by atomic mass is 10.2. The van der Waals surface area contributed by atoms with Gasteiger partial charge in [-0.15, -0.1) is 0 Å². The van der Waals surface area contributed by atoms with Gasteiger partial charge >= 0.3 is 0 Å².